The van der Waals surface area contributed by atoms with Crippen LogP contribution in [0.2, 0.25) is 0 Å². The Labute approximate surface area is 229 Å². The van der Waals surface area contributed by atoms with Crippen LogP contribution in [0.5, 0.6) is 5.75 Å². The summed E-state index contributed by atoms with van der Waals surface area (Å²) in [7, 11) is 0. The molecule has 0 fully saturated rings. The highest BCUT2D eigenvalue weighted by Gasteiger charge is 2.31. The van der Waals surface area contributed by atoms with Gasteiger partial charge >= 0.3 is 6.36 Å². The Morgan fingerprint density at radius 2 is 1.66 bits per heavy atom. The normalized spacial score (nSPS) is 12.3. The van der Waals surface area contributed by atoms with Gasteiger partial charge in [0.05, 0.1) is 18.2 Å². The lowest BCUT2D eigenvalue weighted by Crippen LogP contribution is -2.32. The highest BCUT2D eigenvalue weighted by Crippen LogP contribution is 2.32. The van der Waals surface area contributed by atoms with Crippen molar-refractivity contribution >= 4 is 16.8 Å². The minimum absolute atomic E-state index is 0.0534. The predicted octanol–water partition coefficient (Wildman–Crippen LogP) is 7.19. The van der Waals surface area contributed by atoms with Gasteiger partial charge in [0, 0.05) is 34.9 Å². The van der Waals surface area contributed by atoms with Crippen molar-refractivity contribution in [2.24, 2.45) is 0 Å². The minimum Gasteiger partial charge on any atom is -0.406 e. The molecule has 2 N–H and O–H groups in total. The molecule has 0 radical (unpaired) electrons. The van der Waals surface area contributed by atoms with Crippen molar-refractivity contribution in [1.82, 2.24) is 15.3 Å². The van der Waals surface area contributed by atoms with Gasteiger partial charge in [0.1, 0.15) is 23.2 Å². The molecule has 0 aliphatic heterocycles. The molecule has 0 spiro atoms. The van der Waals surface area contributed by atoms with Crippen LogP contribution in [-0.4, -0.2) is 22.2 Å². The van der Waals surface area contributed by atoms with Gasteiger partial charge in [-0.25, -0.2) is 13.2 Å². The SMILES string of the molecule is O=C(Cc1c[nH]c2ccc(F)cc12)N[C@@H](Cc1cc(F)cc(F)c1)c1ncccc1-c1ccc(OC(F)(F)F)cc1. The van der Waals surface area contributed by atoms with Crippen molar-refractivity contribution in [3.05, 3.63) is 119 Å². The quantitative estimate of drug-likeness (QED) is 0.195. The second kappa shape index (κ2) is 11.4. The van der Waals surface area contributed by atoms with Crippen molar-refractivity contribution in [3.8, 4) is 16.9 Å². The zero-order valence-corrected chi connectivity index (χ0v) is 21.1. The number of nitrogens with one attached hydrogen (secondary N) is 2. The van der Waals surface area contributed by atoms with E-state index >= 15 is 0 Å². The fraction of sp³-hybridized carbons (Fsp3) is 0.133. The first-order chi connectivity index (χ1) is 19.5. The maximum Gasteiger partial charge on any atom is 0.573 e. The Morgan fingerprint density at radius 3 is 2.37 bits per heavy atom. The molecule has 5 aromatic rings. The Hall–Kier alpha value is -4.80. The van der Waals surface area contributed by atoms with Gasteiger partial charge in [-0.1, -0.05) is 18.2 Å². The van der Waals surface area contributed by atoms with Crippen LogP contribution in [-0.2, 0) is 17.6 Å². The van der Waals surface area contributed by atoms with Gasteiger partial charge in [-0.3, -0.25) is 9.78 Å². The number of carbonyl (C=O) groups is 1. The highest BCUT2D eigenvalue weighted by molar-refractivity contribution is 5.89. The molecule has 3 aromatic carbocycles. The summed E-state index contributed by atoms with van der Waals surface area (Å²) in [5, 5.41) is 3.39. The third kappa shape index (κ3) is 6.86. The Bertz CT molecular complexity index is 1680. The van der Waals surface area contributed by atoms with Crippen molar-refractivity contribution < 1.29 is 35.9 Å². The van der Waals surface area contributed by atoms with E-state index in [1.165, 1.54) is 30.5 Å². The van der Waals surface area contributed by atoms with Crippen LogP contribution in [0.1, 0.15) is 22.9 Å². The van der Waals surface area contributed by atoms with Gasteiger partial charge < -0.3 is 15.0 Å². The molecule has 1 atom stereocenters. The van der Waals surface area contributed by atoms with Gasteiger partial charge in [0.25, 0.3) is 0 Å². The molecule has 210 valence electrons. The lowest BCUT2D eigenvalue weighted by molar-refractivity contribution is -0.274. The van der Waals surface area contributed by atoms with Crippen LogP contribution in [0, 0.1) is 17.5 Å². The third-order valence-corrected chi connectivity index (χ3v) is 6.35. The average Bonchev–Trinajstić information content (AvgIpc) is 3.28. The second-order valence-electron chi connectivity index (χ2n) is 9.29. The molecule has 0 saturated carbocycles. The van der Waals surface area contributed by atoms with E-state index in [-0.39, 0.29) is 18.4 Å². The van der Waals surface area contributed by atoms with Crippen molar-refractivity contribution in [3.63, 3.8) is 0 Å². The van der Waals surface area contributed by atoms with Gasteiger partial charge in [0.15, 0.2) is 0 Å². The molecule has 0 aliphatic rings. The summed E-state index contributed by atoms with van der Waals surface area (Å²) < 4.78 is 83.6. The van der Waals surface area contributed by atoms with Crippen LogP contribution in [0.25, 0.3) is 22.0 Å². The van der Waals surface area contributed by atoms with Crippen LogP contribution >= 0.6 is 0 Å². The fourth-order valence-electron chi connectivity index (χ4n) is 4.67. The lowest BCUT2D eigenvalue weighted by Gasteiger charge is -2.22. The summed E-state index contributed by atoms with van der Waals surface area (Å²) in [6.45, 7) is 0. The predicted molar refractivity (Wildman–Crippen MR) is 139 cm³/mol. The van der Waals surface area contributed by atoms with E-state index in [0.717, 1.165) is 30.3 Å². The van der Waals surface area contributed by atoms with Crippen LogP contribution in [0.15, 0.2) is 85.2 Å². The van der Waals surface area contributed by atoms with E-state index < -0.39 is 41.5 Å². The number of pyridine rings is 1. The number of aromatic nitrogens is 2. The van der Waals surface area contributed by atoms with Crippen LogP contribution in [0.4, 0.5) is 26.3 Å². The summed E-state index contributed by atoms with van der Waals surface area (Å²) in [6.07, 6.45) is -1.98. The summed E-state index contributed by atoms with van der Waals surface area (Å²) >= 11 is 0. The Kier molecular flexibility index (Phi) is 7.69. The van der Waals surface area contributed by atoms with Crippen molar-refractivity contribution in [1.29, 1.82) is 0 Å². The van der Waals surface area contributed by atoms with Crippen LogP contribution in [0.3, 0.4) is 0 Å². The number of ether oxygens (including phenoxy) is 1. The Balaban J connectivity index is 1.48. The van der Waals surface area contributed by atoms with Crippen molar-refractivity contribution in [2.45, 2.75) is 25.2 Å². The fourth-order valence-corrected chi connectivity index (χ4v) is 4.67. The molecule has 11 heteroatoms. The summed E-state index contributed by atoms with van der Waals surface area (Å²) in [5.74, 6) is -2.95. The molecule has 1 amide bonds. The maximum absolute atomic E-state index is 14.0. The molecule has 0 aliphatic carbocycles. The van der Waals surface area contributed by atoms with Gasteiger partial charge in [0.2, 0.25) is 5.91 Å². The summed E-state index contributed by atoms with van der Waals surface area (Å²) in [5.41, 5.74) is 2.69. The number of nitrogens with zero attached hydrogens (tertiary/aromatic N) is 1. The largest absolute Gasteiger partial charge is 0.573 e. The van der Waals surface area contributed by atoms with E-state index in [0.29, 0.717) is 33.3 Å². The number of rotatable bonds is 8. The minimum atomic E-state index is -4.85. The topological polar surface area (TPSA) is 67.0 Å². The summed E-state index contributed by atoms with van der Waals surface area (Å²) in [4.78, 5) is 20.7. The van der Waals surface area contributed by atoms with E-state index in [1.54, 1.807) is 24.4 Å². The highest BCUT2D eigenvalue weighted by atomic mass is 19.4. The van der Waals surface area contributed by atoms with Gasteiger partial charge in [-0.05, 0) is 71.6 Å². The first-order valence-electron chi connectivity index (χ1n) is 12.3. The number of aromatic amines is 1. The second-order valence-corrected chi connectivity index (χ2v) is 9.29. The smallest absolute Gasteiger partial charge is 0.406 e. The molecule has 5 rings (SSSR count). The first kappa shape index (κ1) is 27.8. The molecule has 0 unspecified atom stereocenters. The monoisotopic (exact) mass is 569 g/mol. The Morgan fingerprint density at radius 1 is 0.927 bits per heavy atom. The molecular weight excluding hydrogens is 548 g/mol. The van der Waals surface area contributed by atoms with E-state index in [1.807, 2.05) is 0 Å². The molecule has 2 heterocycles. The third-order valence-electron chi connectivity index (χ3n) is 6.35. The van der Waals surface area contributed by atoms with E-state index in [9.17, 15) is 31.1 Å². The van der Waals surface area contributed by atoms with E-state index in [2.05, 4.69) is 20.0 Å². The molecule has 0 saturated heterocycles. The number of hydrogen-bond acceptors (Lipinski definition) is 3. The number of fused-ring (bicyclic) bond motifs is 1. The zero-order chi connectivity index (χ0) is 29.1. The number of hydrogen-bond donors (Lipinski definition) is 2. The maximum atomic E-state index is 14.0. The van der Waals surface area contributed by atoms with Gasteiger partial charge in [-0.15, -0.1) is 13.2 Å². The molecule has 5 nitrogen and oxygen atoms in total. The molecule has 41 heavy (non-hydrogen) atoms. The lowest BCUT2D eigenvalue weighted by atomic mass is 9.95. The summed E-state index contributed by atoms with van der Waals surface area (Å²) in [6, 6.07) is 14.6. The number of H-pyrrole nitrogens is 1. The molecule has 0 bridgehead atoms. The number of halogens is 6. The van der Waals surface area contributed by atoms with Crippen molar-refractivity contribution in [2.75, 3.05) is 0 Å². The number of carbonyl (C=O) groups excluding carboxylic acids is 1. The van der Waals surface area contributed by atoms with E-state index in [4.69, 9.17) is 0 Å². The standard InChI is InChI=1S/C30H21F6N3O2/c31-20-5-8-26-25(15-20)19(16-38-26)13-28(40)39-27(12-17-10-21(32)14-22(33)11-17)29-24(2-1-9-37-29)18-3-6-23(7-4-18)41-30(34,35)36/h1-11,14-16,27,38H,12-13H2,(H,39,40)/t27-/m0/s1. The zero-order valence-electron chi connectivity index (χ0n) is 21.1. The number of alkyl halides is 3. The first-order valence-corrected chi connectivity index (χ1v) is 12.3. The van der Waals surface area contributed by atoms with Gasteiger partial charge in [-0.2, -0.15) is 0 Å². The number of amides is 1. The molecule has 2 aromatic heterocycles. The average molecular weight is 570 g/mol. The van der Waals surface area contributed by atoms with Crippen LogP contribution < -0.4 is 10.1 Å². The molecular formula is C30H21F6N3O2. The number of benzene rings is 3.